The first-order valence-electron chi connectivity index (χ1n) is 7.39. The molecular weight excluding hydrogens is 256 g/mol. The number of hydrogen-bond donors (Lipinski definition) is 3. The van der Waals surface area contributed by atoms with Gasteiger partial charge in [0.15, 0.2) is 0 Å². The van der Waals surface area contributed by atoms with Gasteiger partial charge in [-0.2, -0.15) is 0 Å². The van der Waals surface area contributed by atoms with Crippen molar-refractivity contribution in [3.8, 4) is 0 Å². The molecule has 1 fully saturated rings. The number of aliphatic carboxylic acids is 1. The minimum Gasteiger partial charge on any atom is -0.481 e. The van der Waals surface area contributed by atoms with E-state index in [9.17, 15) is 14.7 Å². The molecule has 1 atom stereocenters. The molecule has 0 spiro atoms. The lowest BCUT2D eigenvalue weighted by molar-refractivity contribution is -0.151. The molecule has 0 radical (unpaired) electrons. The van der Waals surface area contributed by atoms with Gasteiger partial charge in [-0.1, -0.05) is 12.8 Å². The van der Waals surface area contributed by atoms with E-state index in [0.717, 1.165) is 12.8 Å². The molecule has 0 saturated heterocycles. The Bertz CT molecular complexity index is 371. The lowest BCUT2D eigenvalue weighted by Crippen LogP contribution is -2.60. The van der Waals surface area contributed by atoms with E-state index in [0.29, 0.717) is 0 Å². The third-order valence-corrected chi connectivity index (χ3v) is 4.77. The fraction of sp³-hybridized carbons (Fsp3) is 0.867. The molecule has 3 N–H and O–H groups in total. The number of nitrogens with one attached hydrogen (secondary N) is 2. The largest absolute Gasteiger partial charge is 0.481 e. The molecule has 0 aromatic carbocycles. The summed E-state index contributed by atoms with van der Waals surface area (Å²) in [6, 6.07) is -0.133. The van der Waals surface area contributed by atoms with E-state index < -0.39 is 23.0 Å². The van der Waals surface area contributed by atoms with Crippen molar-refractivity contribution in [1.29, 1.82) is 0 Å². The highest BCUT2D eigenvalue weighted by atomic mass is 16.4. The molecule has 1 saturated carbocycles. The number of amides is 1. The lowest BCUT2D eigenvalue weighted by Gasteiger charge is -2.40. The summed E-state index contributed by atoms with van der Waals surface area (Å²) in [7, 11) is 0. The molecule has 1 rings (SSSR count). The Morgan fingerprint density at radius 2 is 1.65 bits per heavy atom. The molecule has 1 unspecified atom stereocenters. The van der Waals surface area contributed by atoms with Gasteiger partial charge in [0.05, 0.1) is 11.5 Å². The quantitative estimate of drug-likeness (QED) is 0.696. The van der Waals surface area contributed by atoms with E-state index >= 15 is 0 Å². The summed E-state index contributed by atoms with van der Waals surface area (Å²) in [5.41, 5.74) is -1.65. The molecule has 5 nitrogen and oxygen atoms in total. The normalized spacial score (nSPS) is 18.9. The van der Waals surface area contributed by atoms with Crippen LogP contribution >= 0.6 is 0 Å². The van der Waals surface area contributed by atoms with Crippen molar-refractivity contribution in [1.82, 2.24) is 10.6 Å². The standard InChI is InChI=1S/C15H28N2O3/c1-10(12(18)16-11-8-6-7-9-11)17-15(4,5)14(2,3)13(19)20/h10-11,17H,6-9H2,1-5H3,(H,16,18)(H,19,20). The molecular formula is C15H28N2O3. The fourth-order valence-electron chi connectivity index (χ4n) is 2.45. The Hall–Kier alpha value is -1.10. The number of rotatable bonds is 6. The second-order valence-electron chi connectivity index (χ2n) is 6.91. The summed E-state index contributed by atoms with van der Waals surface area (Å²) in [5.74, 6) is -0.926. The highest BCUT2D eigenvalue weighted by Gasteiger charge is 2.44. The van der Waals surface area contributed by atoms with Crippen molar-refractivity contribution < 1.29 is 14.7 Å². The van der Waals surface area contributed by atoms with Crippen LogP contribution in [0, 0.1) is 5.41 Å². The van der Waals surface area contributed by atoms with Crippen LogP contribution in [0.2, 0.25) is 0 Å². The molecule has 1 aliphatic carbocycles. The number of carbonyl (C=O) groups is 2. The number of carboxylic acids is 1. The van der Waals surface area contributed by atoms with Gasteiger partial charge in [-0.3, -0.25) is 14.9 Å². The Morgan fingerprint density at radius 1 is 1.15 bits per heavy atom. The molecule has 0 aromatic rings. The first-order valence-corrected chi connectivity index (χ1v) is 7.39. The number of hydrogen-bond acceptors (Lipinski definition) is 3. The van der Waals surface area contributed by atoms with Crippen molar-refractivity contribution in [2.24, 2.45) is 5.41 Å². The molecule has 5 heteroatoms. The minimum absolute atomic E-state index is 0.0498. The first-order chi connectivity index (χ1) is 9.08. The maximum atomic E-state index is 12.2. The second kappa shape index (κ2) is 6.12. The molecule has 0 aliphatic heterocycles. The molecule has 116 valence electrons. The summed E-state index contributed by atoms with van der Waals surface area (Å²) in [6.45, 7) is 8.76. The topological polar surface area (TPSA) is 78.4 Å². The van der Waals surface area contributed by atoms with E-state index in [4.69, 9.17) is 0 Å². The van der Waals surface area contributed by atoms with E-state index in [1.807, 2.05) is 13.8 Å². The van der Waals surface area contributed by atoms with E-state index in [1.165, 1.54) is 12.8 Å². The predicted molar refractivity (Wildman–Crippen MR) is 78.5 cm³/mol. The van der Waals surface area contributed by atoms with Crippen LogP contribution < -0.4 is 10.6 Å². The van der Waals surface area contributed by atoms with Gasteiger partial charge in [0.25, 0.3) is 0 Å². The third-order valence-electron chi connectivity index (χ3n) is 4.77. The third kappa shape index (κ3) is 3.72. The van der Waals surface area contributed by atoms with Crippen LogP contribution in [-0.2, 0) is 9.59 Å². The van der Waals surface area contributed by atoms with Crippen LogP contribution in [0.5, 0.6) is 0 Å². The molecule has 20 heavy (non-hydrogen) atoms. The first kappa shape index (κ1) is 17.0. The van der Waals surface area contributed by atoms with Gasteiger partial charge in [-0.15, -0.1) is 0 Å². The average Bonchev–Trinajstić information content (AvgIpc) is 2.80. The van der Waals surface area contributed by atoms with Gasteiger partial charge >= 0.3 is 5.97 Å². The highest BCUT2D eigenvalue weighted by molar-refractivity contribution is 5.82. The maximum absolute atomic E-state index is 12.2. The minimum atomic E-state index is -0.963. The van der Waals surface area contributed by atoms with Crippen LogP contribution in [0.15, 0.2) is 0 Å². The van der Waals surface area contributed by atoms with Crippen LogP contribution in [0.3, 0.4) is 0 Å². The summed E-state index contributed by atoms with van der Waals surface area (Å²) < 4.78 is 0. The van der Waals surface area contributed by atoms with Crippen LogP contribution in [0.4, 0.5) is 0 Å². The Balaban J connectivity index is 2.61. The smallest absolute Gasteiger partial charge is 0.310 e. The van der Waals surface area contributed by atoms with Crippen LogP contribution in [0.1, 0.15) is 60.3 Å². The zero-order chi connectivity index (χ0) is 15.6. The Kier molecular flexibility index (Phi) is 5.19. The van der Waals surface area contributed by atoms with Gasteiger partial charge in [0, 0.05) is 11.6 Å². The molecule has 0 aromatic heterocycles. The van der Waals surface area contributed by atoms with E-state index in [2.05, 4.69) is 10.6 Å². The molecule has 1 amide bonds. The summed E-state index contributed by atoms with van der Waals surface area (Å²) in [4.78, 5) is 23.5. The van der Waals surface area contributed by atoms with Crippen molar-refractivity contribution in [3.63, 3.8) is 0 Å². The lowest BCUT2D eigenvalue weighted by atomic mass is 9.74. The van der Waals surface area contributed by atoms with Crippen LogP contribution in [0.25, 0.3) is 0 Å². The molecule has 0 heterocycles. The van der Waals surface area contributed by atoms with Gasteiger partial charge in [0.2, 0.25) is 5.91 Å². The zero-order valence-corrected chi connectivity index (χ0v) is 13.2. The average molecular weight is 284 g/mol. The monoisotopic (exact) mass is 284 g/mol. The van der Waals surface area contributed by atoms with Gasteiger partial charge in [-0.05, 0) is 47.5 Å². The van der Waals surface area contributed by atoms with E-state index in [-0.39, 0.29) is 11.9 Å². The van der Waals surface area contributed by atoms with Gasteiger partial charge in [-0.25, -0.2) is 0 Å². The SMILES string of the molecule is CC(NC(C)(C)C(C)(C)C(=O)O)C(=O)NC1CCCC1. The summed E-state index contributed by atoms with van der Waals surface area (Å²) in [5, 5.41) is 15.5. The Labute approximate surface area is 121 Å². The van der Waals surface area contributed by atoms with Crippen molar-refractivity contribution in [2.45, 2.75) is 77.9 Å². The van der Waals surface area contributed by atoms with Gasteiger partial charge < -0.3 is 10.4 Å². The number of carboxylic acid groups (broad SMARTS) is 1. The summed E-state index contributed by atoms with van der Waals surface area (Å²) >= 11 is 0. The van der Waals surface area contributed by atoms with Gasteiger partial charge in [0.1, 0.15) is 0 Å². The van der Waals surface area contributed by atoms with Crippen molar-refractivity contribution in [2.75, 3.05) is 0 Å². The Morgan fingerprint density at radius 3 is 2.10 bits per heavy atom. The predicted octanol–water partition coefficient (Wildman–Crippen LogP) is 1.91. The second-order valence-corrected chi connectivity index (χ2v) is 6.91. The van der Waals surface area contributed by atoms with Crippen LogP contribution in [-0.4, -0.2) is 34.6 Å². The van der Waals surface area contributed by atoms with Crippen molar-refractivity contribution >= 4 is 11.9 Å². The van der Waals surface area contributed by atoms with Crippen molar-refractivity contribution in [3.05, 3.63) is 0 Å². The zero-order valence-electron chi connectivity index (χ0n) is 13.2. The summed E-state index contributed by atoms with van der Waals surface area (Å²) in [6.07, 6.45) is 4.43. The maximum Gasteiger partial charge on any atom is 0.310 e. The molecule has 1 aliphatic rings. The number of carbonyl (C=O) groups excluding carboxylic acids is 1. The highest BCUT2D eigenvalue weighted by Crippen LogP contribution is 2.31. The fourth-order valence-corrected chi connectivity index (χ4v) is 2.45. The molecule has 0 bridgehead atoms. The van der Waals surface area contributed by atoms with E-state index in [1.54, 1.807) is 20.8 Å².